The summed E-state index contributed by atoms with van der Waals surface area (Å²) in [5, 5.41) is 3.01. The molecule has 0 bridgehead atoms. The molecule has 0 aliphatic rings. The van der Waals surface area contributed by atoms with Crippen LogP contribution in [0.25, 0.3) is 0 Å². The summed E-state index contributed by atoms with van der Waals surface area (Å²) in [5.74, 6) is -1.73. The Bertz CT molecular complexity index is 1150. The van der Waals surface area contributed by atoms with Crippen molar-refractivity contribution >= 4 is 39.2 Å². The van der Waals surface area contributed by atoms with E-state index in [1.807, 2.05) is 4.72 Å². The van der Waals surface area contributed by atoms with E-state index in [4.69, 9.17) is 27.9 Å². The lowest BCUT2D eigenvalue weighted by Gasteiger charge is -2.15. The molecule has 14 heteroatoms. The molecule has 0 radical (unpaired) electrons. The molecule has 0 unspecified atom stereocenters. The van der Waals surface area contributed by atoms with Crippen LogP contribution in [0.2, 0.25) is 10.2 Å². The van der Waals surface area contributed by atoms with Gasteiger partial charge in [0.2, 0.25) is 11.8 Å². The molecule has 0 saturated heterocycles. The quantitative estimate of drug-likeness (QED) is 0.566. The molecule has 1 aromatic carbocycles. The smallest absolute Gasteiger partial charge is 0.424 e. The Balaban J connectivity index is 2.03. The SMILES string of the molecule is Cn1cc(S(=O)(=O)Nc2nc(Cl)c(C(F)(F)F)c(Oc3ccc(Cl)cc3)n2)cn1. The zero-order valence-corrected chi connectivity index (χ0v) is 16.6. The number of rotatable bonds is 5. The summed E-state index contributed by atoms with van der Waals surface area (Å²) < 4.78 is 73.2. The van der Waals surface area contributed by atoms with Crippen molar-refractivity contribution in [1.82, 2.24) is 19.7 Å². The molecule has 8 nitrogen and oxygen atoms in total. The van der Waals surface area contributed by atoms with Crippen molar-refractivity contribution in [3.63, 3.8) is 0 Å². The lowest BCUT2D eigenvalue weighted by Crippen LogP contribution is -2.17. The Kier molecular flexibility index (Phi) is 5.61. The van der Waals surface area contributed by atoms with Crippen LogP contribution in [0.5, 0.6) is 11.6 Å². The van der Waals surface area contributed by atoms with Crippen molar-refractivity contribution in [1.29, 1.82) is 0 Å². The van der Waals surface area contributed by atoms with Gasteiger partial charge in [0.15, 0.2) is 10.7 Å². The summed E-state index contributed by atoms with van der Waals surface area (Å²) in [4.78, 5) is 6.69. The molecule has 0 fully saturated rings. The number of anilines is 1. The number of nitrogens with zero attached hydrogens (tertiary/aromatic N) is 4. The predicted molar refractivity (Wildman–Crippen MR) is 97.6 cm³/mol. The molecule has 2 heterocycles. The fraction of sp³-hybridized carbons (Fsp3) is 0.133. The molecule has 0 atom stereocenters. The van der Waals surface area contributed by atoms with Gasteiger partial charge in [0.05, 0.1) is 6.20 Å². The van der Waals surface area contributed by atoms with Crippen LogP contribution in [-0.2, 0) is 23.2 Å². The third-order valence-electron chi connectivity index (χ3n) is 3.36. The van der Waals surface area contributed by atoms with E-state index in [0.717, 1.165) is 6.20 Å². The van der Waals surface area contributed by atoms with Crippen molar-refractivity contribution in [3.8, 4) is 11.6 Å². The number of alkyl halides is 3. The van der Waals surface area contributed by atoms with E-state index >= 15 is 0 Å². The van der Waals surface area contributed by atoms with E-state index in [1.54, 1.807) is 0 Å². The second-order valence-electron chi connectivity index (χ2n) is 5.53. The first-order chi connectivity index (χ1) is 13.5. The van der Waals surface area contributed by atoms with E-state index in [2.05, 4.69) is 15.1 Å². The number of ether oxygens (including phenoxy) is 1. The molecule has 0 spiro atoms. The predicted octanol–water partition coefficient (Wildman–Crippen LogP) is 4.13. The van der Waals surface area contributed by atoms with Gasteiger partial charge in [-0.2, -0.15) is 28.2 Å². The molecule has 3 rings (SSSR count). The minimum Gasteiger partial charge on any atom is -0.438 e. The maximum absolute atomic E-state index is 13.4. The first-order valence-electron chi connectivity index (χ1n) is 7.55. The Hall–Kier alpha value is -2.57. The minimum atomic E-state index is -4.96. The molecular weight excluding hydrogens is 458 g/mol. The van der Waals surface area contributed by atoms with E-state index in [9.17, 15) is 21.6 Å². The highest BCUT2D eigenvalue weighted by molar-refractivity contribution is 7.92. The van der Waals surface area contributed by atoms with Crippen molar-refractivity contribution in [2.75, 3.05) is 4.72 Å². The van der Waals surface area contributed by atoms with Gasteiger partial charge in [0, 0.05) is 18.3 Å². The number of aromatic nitrogens is 4. The number of hydrogen-bond donors (Lipinski definition) is 1. The lowest BCUT2D eigenvalue weighted by molar-refractivity contribution is -0.139. The van der Waals surface area contributed by atoms with Crippen LogP contribution in [0, 0.1) is 0 Å². The Morgan fingerprint density at radius 1 is 1.14 bits per heavy atom. The number of nitrogens with one attached hydrogen (secondary N) is 1. The molecule has 2 aromatic heterocycles. The van der Waals surface area contributed by atoms with E-state index in [0.29, 0.717) is 5.02 Å². The van der Waals surface area contributed by atoms with Crippen LogP contribution in [0.4, 0.5) is 19.1 Å². The Morgan fingerprint density at radius 2 is 1.79 bits per heavy atom. The maximum Gasteiger partial charge on any atom is 0.424 e. The fourth-order valence-electron chi connectivity index (χ4n) is 2.10. The Morgan fingerprint density at radius 3 is 2.34 bits per heavy atom. The lowest BCUT2D eigenvalue weighted by atomic mass is 10.3. The summed E-state index contributed by atoms with van der Waals surface area (Å²) in [6.45, 7) is 0. The highest BCUT2D eigenvalue weighted by Crippen LogP contribution is 2.41. The van der Waals surface area contributed by atoms with E-state index < -0.39 is 38.7 Å². The van der Waals surface area contributed by atoms with Gasteiger partial charge in [-0.15, -0.1) is 0 Å². The first-order valence-corrected chi connectivity index (χ1v) is 9.79. The van der Waals surface area contributed by atoms with Crippen molar-refractivity contribution in [2.24, 2.45) is 7.05 Å². The average Bonchev–Trinajstić information content (AvgIpc) is 3.02. The third-order valence-corrected chi connectivity index (χ3v) is 5.17. The number of benzene rings is 1. The second-order valence-corrected chi connectivity index (χ2v) is 8.00. The third kappa shape index (κ3) is 4.89. The molecule has 0 amide bonds. The van der Waals surface area contributed by atoms with Gasteiger partial charge in [0.25, 0.3) is 10.0 Å². The first kappa shape index (κ1) is 21.1. The topological polar surface area (TPSA) is 99.0 Å². The monoisotopic (exact) mass is 467 g/mol. The zero-order chi connectivity index (χ0) is 21.4. The maximum atomic E-state index is 13.4. The highest BCUT2D eigenvalue weighted by Gasteiger charge is 2.40. The van der Waals surface area contributed by atoms with Crippen molar-refractivity contribution < 1.29 is 26.3 Å². The van der Waals surface area contributed by atoms with E-state index in [1.165, 1.54) is 42.2 Å². The van der Waals surface area contributed by atoms with Crippen LogP contribution < -0.4 is 9.46 Å². The fourth-order valence-corrected chi connectivity index (χ4v) is 3.42. The summed E-state index contributed by atoms with van der Waals surface area (Å²) in [5.41, 5.74) is -1.46. The van der Waals surface area contributed by atoms with Crippen LogP contribution in [0.3, 0.4) is 0 Å². The van der Waals surface area contributed by atoms with Gasteiger partial charge < -0.3 is 4.74 Å². The van der Waals surface area contributed by atoms with Gasteiger partial charge in [-0.1, -0.05) is 23.2 Å². The van der Waals surface area contributed by atoms with Crippen LogP contribution in [-0.4, -0.2) is 28.2 Å². The van der Waals surface area contributed by atoms with Crippen molar-refractivity contribution in [3.05, 3.63) is 52.4 Å². The Labute approximate surface area is 172 Å². The number of hydrogen-bond acceptors (Lipinski definition) is 6. The molecule has 29 heavy (non-hydrogen) atoms. The van der Waals surface area contributed by atoms with Gasteiger partial charge in [-0.05, 0) is 24.3 Å². The summed E-state index contributed by atoms with van der Waals surface area (Å²) >= 11 is 11.4. The van der Waals surface area contributed by atoms with Gasteiger partial charge >= 0.3 is 6.18 Å². The molecule has 0 saturated carbocycles. The zero-order valence-electron chi connectivity index (χ0n) is 14.3. The molecule has 3 aromatic rings. The van der Waals surface area contributed by atoms with Crippen LogP contribution in [0.15, 0.2) is 41.6 Å². The summed E-state index contributed by atoms with van der Waals surface area (Å²) in [7, 11) is -2.74. The molecule has 1 N–H and O–H groups in total. The number of sulfonamides is 1. The minimum absolute atomic E-state index is 0.0317. The average molecular weight is 468 g/mol. The molecule has 0 aliphatic carbocycles. The van der Waals surface area contributed by atoms with Gasteiger partial charge in [0.1, 0.15) is 10.6 Å². The van der Waals surface area contributed by atoms with Crippen LogP contribution >= 0.6 is 23.2 Å². The summed E-state index contributed by atoms with van der Waals surface area (Å²) in [6.07, 6.45) is -2.74. The molecule has 0 aliphatic heterocycles. The van der Waals surface area contributed by atoms with Crippen LogP contribution in [0.1, 0.15) is 5.56 Å². The highest BCUT2D eigenvalue weighted by atomic mass is 35.5. The molecule has 154 valence electrons. The number of aryl methyl sites for hydroxylation is 1. The van der Waals surface area contributed by atoms with Gasteiger partial charge in [-0.25, -0.2) is 13.1 Å². The van der Waals surface area contributed by atoms with Gasteiger partial charge in [-0.3, -0.25) is 4.68 Å². The largest absolute Gasteiger partial charge is 0.438 e. The normalized spacial score (nSPS) is 12.1. The van der Waals surface area contributed by atoms with E-state index in [-0.39, 0.29) is 10.6 Å². The second kappa shape index (κ2) is 7.69. The summed E-state index contributed by atoms with van der Waals surface area (Å²) in [6, 6.07) is 5.38. The van der Waals surface area contributed by atoms with Crippen molar-refractivity contribution in [2.45, 2.75) is 11.1 Å². The standard InChI is InChI=1S/C15H10Cl2F3N5O3S/c1-25-7-10(6-21-25)29(26,27)24-14-22-12(17)11(15(18,19)20)13(23-14)28-9-4-2-8(16)3-5-9/h2-7H,1H3,(H,22,23,24). The number of halogens is 5. The molecular formula is C15H10Cl2F3N5O3S.